The lowest BCUT2D eigenvalue weighted by Crippen LogP contribution is -2.52. The Morgan fingerprint density at radius 1 is 1.25 bits per heavy atom. The Labute approximate surface area is 175 Å². The number of hydrogen-bond donors (Lipinski definition) is 1. The number of aliphatic hydroxyl groups is 1. The predicted octanol–water partition coefficient (Wildman–Crippen LogP) is 6.32. The minimum Gasteiger partial charge on any atom is -0.390 e. The van der Waals surface area contributed by atoms with Crippen molar-refractivity contribution < 1.29 is 12.6 Å². The summed E-state index contributed by atoms with van der Waals surface area (Å²) in [5.74, 6) is 2.10. The van der Waals surface area contributed by atoms with Gasteiger partial charge in [-0.1, -0.05) is 32.4 Å². The molecule has 0 radical (unpaired) electrons. The summed E-state index contributed by atoms with van der Waals surface area (Å²) in [4.78, 5) is 11.6. The van der Waals surface area contributed by atoms with Gasteiger partial charge in [0, 0.05) is 9.16 Å². The third kappa shape index (κ3) is 3.22. The minimum atomic E-state index is -1.15. The first-order chi connectivity index (χ1) is 13.8. The maximum atomic E-state index is 11.6. The van der Waals surface area contributed by atoms with Crippen molar-refractivity contribution in [2.75, 3.05) is 0 Å². The van der Waals surface area contributed by atoms with Crippen LogP contribution >= 0.6 is 0 Å². The van der Waals surface area contributed by atoms with Gasteiger partial charge in [0.1, 0.15) is 5.78 Å². The van der Waals surface area contributed by atoms with E-state index in [4.69, 9.17) is 2.74 Å². The van der Waals surface area contributed by atoms with Crippen molar-refractivity contribution in [3.8, 4) is 0 Å². The standard InChI is InChI=1S/C26H42O2/c1-17(6-7-18(2)27)21-10-11-22-20-9-8-19-16-24(3,28)14-15-25(19,4)23(20)12-13-26(21,22)5/h8,17,20-23,28H,6-7,9-16H2,1-5H3/t17-,20+,21-,22+,23+,24+,25+,26-/m1/s1/i10D2. The molecule has 0 aromatic heterocycles. The molecule has 0 bridgehead atoms. The van der Waals surface area contributed by atoms with Gasteiger partial charge in [-0.2, -0.15) is 0 Å². The van der Waals surface area contributed by atoms with Crippen LogP contribution in [-0.4, -0.2) is 16.5 Å². The zero-order valence-electron chi connectivity index (χ0n) is 20.7. The van der Waals surface area contributed by atoms with E-state index in [-0.39, 0.29) is 28.4 Å². The van der Waals surface area contributed by atoms with Gasteiger partial charge >= 0.3 is 0 Å². The summed E-state index contributed by atoms with van der Waals surface area (Å²) in [7, 11) is 0. The van der Waals surface area contributed by atoms with Crippen LogP contribution < -0.4 is 0 Å². The highest BCUT2D eigenvalue weighted by Gasteiger charge is 2.59. The summed E-state index contributed by atoms with van der Waals surface area (Å²) in [6.07, 6.45) is 9.42. The van der Waals surface area contributed by atoms with Gasteiger partial charge in [0.2, 0.25) is 0 Å². The second-order valence-corrected chi connectivity index (χ2v) is 11.6. The summed E-state index contributed by atoms with van der Waals surface area (Å²) >= 11 is 0. The zero-order valence-corrected chi connectivity index (χ0v) is 18.7. The van der Waals surface area contributed by atoms with E-state index in [1.54, 1.807) is 6.92 Å². The second kappa shape index (κ2) is 6.96. The van der Waals surface area contributed by atoms with E-state index >= 15 is 0 Å². The SMILES string of the molecule is [2H]C1([2H])C[C@H]2[C@@H]3CC=C4C[C@@](C)(O)CC[C@]4(C)[C@H]3CC[C@]2(C)[C@H]1[C@H](C)CCC(C)=O. The van der Waals surface area contributed by atoms with Crippen LogP contribution in [0.15, 0.2) is 11.6 Å². The van der Waals surface area contributed by atoms with Gasteiger partial charge in [0.05, 0.1) is 5.60 Å². The van der Waals surface area contributed by atoms with Crippen LogP contribution in [0.5, 0.6) is 0 Å². The predicted molar refractivity (Wildman–Crippen MR) is 115 cm³/mol. The Hall–Kier alpha value is -0.630. The lowest BCUT2D eigenvalue weighted by molar-refractivity contribution is -0.117. The number of carbonyl (C=O) groups is 1. The lowest BCUT2D eigenvalue weighted by atomic mass is 9.46. The van der Waals surface area contributed by atoms with Gasteiger partial charge in [0.15, 0.2) is 0 Å². The molecule has 158 valence electrons. The van der Waals surface area contributed by atoms with Crippen LogP contribution in [0.25, 0.3) is 0 Å². The van der Waals surface area contributed by atoms with E-state index in [9.17, 15) is 9.90 Å². The average molecular weight is 389 g/mol. The third-order valence-electron chi connectivity index (χ3n) is 9.61. The number of carbonyl (C=O) groups excluding carboxylic acids is 1. The molecule has 0 aromatic carbocycles. The summed E-state index contributed by atoms with van der Waals surface area (Å²) in [6, 6.07) is 0. The van der Waals surface area contributed by atoms with Gasteiger partial charge in [-0.05, 0) is 112 Å². The summed E-state index contributed by atoms with van der Waals surface area (Å²) < 4.78 is 18.0. The van der Waals surface area contributed by atoms with Crippen LogP contribution in [-0.2, 0) is 4.79 Å². The van der Waals surface area contributed by atoms with Crippen molar-refractivity contribution in [2.45, 2.75) is 104 Å². The van der Waals surface area contributed by atoms with Gasteiger partial charge in [-0.15, -0.1) is 0 Å². The highest BCUT2D eigenvalue weighted by atomic mass is 16.3. The first kappa shape index (κ1) is 18.2. The highest BCUT2D eigenvalue weighted by Crippen LogP contribution is 2.67. The van der Waals surface area contributed by atoms with Gasteiger partial charge < -0.3 is 9.90 Å². The summed E-state index contributed by atoms with van der Waals surface area (Å²) in [5.41, 5.74) is 1.11. The van der Waals surface area contributed by atoms with Crippen LogP contribution in [0.1, 0.15) is 102 Å². The first-order valence-corrected chi connectivity index (χ1v) is 11.7. The monoisotopic (exact) mass is 388 g/mol. The lowest BCUT2D eigenvalue weighted by Gasteiger charge is -2.59. The van der Waals surface area contributed by atoms with E-state index in [2.05, 4.69) is 26.8 Å². The highest BCUT2D eigenvalue weighted by molar-refractivity contribution is 5.75. The molecule has 4 aliphatic rings. The fraction of sp³-hybridized carbons (Fsp3) is 0.885. The molecule has 8 atom stereocenters. The Morgan fingerprint density at radius 3 is 2.71 bits per heavy atom. The van der Waals surface area contributed by atoms with Crippen molar-refractivity contribution in [2.24, 2.45) is 40.4 Å². The maximum absolute atomic E-state index is 11.6. The third-order valence-corrected chi connectivity index (χ3v) is 9.61. The molecule has 0 unspecified atom stereocenters. The van der Waals surface area contributed by atoms with E-state index in [1.807, 2.05) is 6.92 Å². The molecule has 0 saturated heterocycles. The molecule has 4 rings (SSSR count). The summed E-state index contributed by atoms with van der Waals surface area (Å²) in [5, 5.41) is 10.7. The van der Waals surface area contributed by atoms with E-state index in [0.29, 0.717) is 30.6 Å². The molecule has 0 aromatic rings. The van der Waals surface area contributed by atoms with E-state index < -0.39 is 12.0 Å². The number of rotatable bonds is 4. The van der Waals surface area contributed by atoms with Crippen LogP contribution in [0.3, 0.4) is 0 Å². The smallest absolute Gasteiger partial charge is 0.129 e. The van der Waals surface area contributed by atoms with Crippen molar-refractivity contribution >= 4 is 5.78 Å². The van der Waals surface area contributed by atoms with Crippen LogP contribution in [0.4, 0.5) is 0 Å². The van der Waals surface area contributed by atoms with E-state index in [0.717, 1.165) is 38.5 Å². The number of fused-ring (bicyclic) bond motifs is 5. The number of Topliss-reactive ketones (excluding diaryl/α,β-unsaturated/α-hetero) is 1. The molecule has 3 saturated carbocycles. The molecule has 28 heavy (non-hydrogen) atoms. The normalized spacial score (nSPS) is 51.7. The van der Waals surface area contributed by atoms with Crippen molar-refractivity contribution in [3.05, 3.63) is 11.6 Å². The Morgan fingerprint density at radius 2 is 2.00 bits per heavy atom. The van der Waals surface area contributed by atoms with E-state index in [1.165, 1.54) is 12.0 Å². The van der Waals surface area contributed by atoms with Gasteiger partial charge in [-0.3, -0.25) is 0 Å². The summed E-state index contributed by atoms with van der Waals surface area (Å²) in [6.45, 7) is 10.6. The molecule has 2 nitrogen and oxygen atoms in total. The minimum absolute atomic E-state index is 0.0305. The second-order valence-electron chi connectivity index (χ2n) is 11.6. The van der Waals surface area contributed by atoms with Crippen molar-refractivity contribution in [1.29, 1.82) is 0 Å². The molecular formula is C26H42O2. The largest absolute Gasteiger partial charge is 0.390 e. The number of hydrogen-bond acceptors (Lipinski definition) is 2. The zero-order chi connectivity index (χ0) is 22.1. The fourth-order valence-corrected chi connectivity index (χ4v) is 7.86. The number of allylic oxidation sites excluding steroid dienone is 1. The fourth-order valence-electron chi connectivity index (χ4n) is 7.86. The Bertz CT molecular complexity index is 741. The van der Waals surface area contributed by atoms with Crippen LogP contribution in [0.2, 0.25) is 0 Å². The molecule has 2 heteroatoms. The molecule has 1 N–H and O–H groups in total. The average Bonchev–Trinajstić information content (AvgIpc) is 2.85. The molecule has 0 amide bonds. The van der Waals surface area contributed by atoms with Crippen LogP contribution in [0, 0.1) is 40.4 Å². The maximum Gasteiger partial charge on any atom is 0.129 e. The van der Waals surface area contributed by atoms with Crippen molar-refractivity contribution in [1.82, 2.24) is 0 Å². The van der Waals surface area contributed by atoms with Gasteiger partial charge in [0.25, 0.3) is 0 Å². The number of ketones is 1. The Kier molecular flexibility index (Phi) is 4.52. The molecule has 3 fully saturated rings. The first-order valence-electron chi connectivity index (χ1n) is 12.7. The molecule has 0 heterocycles. The Balaban J connectivity index is 1.63. The topological polar surface area (TPSA) is 37.3 Å². The quantitative estimate of drug-likeness (QED) is 0.572. The molecule has 0 aliphatic heterocycles. The molecule has 4 aliphatic carbocycles. The molecule has 0 spiro atoms. The van der Waals surface area contributed by atoms with Gasteiger partial charge in [-0.25, -0.2) is 0 Å². The molecular weight excluding hydrogens is 344 g/mol. The van der Waals surface area contributed by atoms with Crippen molar-refractivity contribution in [3.63, 3.8) is 0 Å².